The van der Waals surface area contributed by atoms with Crippen molar-refractivity contribution in [2.45, 2.75) is 13.3 Å². The Bertz CT molecular complexity index is 1150. The topological polar surface area (TPSA) is 61.6 Å². The third-order valence-electron chi connectivity index (χ3n) is 4.64. The van der Waals surface area contributed by atoms with Crippen LogP contribution in [-0.2, 0) is 6.42 Å². The zero-order chi connectivity index (χ0) is 19.5. The van der Waals surface area contributed by atoms with Crippen molar-refractivity contribution in [3.63, 3.8) is 0 Å². The molecule has 0 fully saturated rings. The highest BCUT2D eigenvalue weighted by Gasteiger charge is 2.15. The highest BCUT2D eigenvalue weighted by molar-refractivity contribution is 5.93. The first-order valence-corrected chi connectivity index (χ1v) is 8.93. The Labute approximate surface area is 162 Å². The summed E-state index contributed by atoms with van der Waals surface area (Å²) in [5, 5.41) is 5.06. The van der Waals surface area contributed by atoms with Gasteiger partial charge in [-0.15, -0.1) is 0 Å². The number of esters is 1. The number of methoxy groups -OCH3 is 1. The second kappa shape index (κ2) is 7.56. The van der Waals surface area contributed by atoms with E-state index in [9.17, 15) is 4.79 Å². The minimum Gasteiger partial charge on any atom is -0.496 e. The average molecular weight is 373 g/mol. The molecule has 4 rings (SSSR count). The number of fused-ring (bicyclic) bond motifs is 1. The van der Waals surface area contributed by atoms with Gasteiger partial charge in [0.15, 0.2) is 5.58 Å². The van der Waals surface area contributed by atoms with E-state index in [0.717, 1.165) is 28.0 Å². The van der Waals surface area contributed by atoms with Crippen LogP contribution in [0.1, 0.15) is 27.2 Å². The molecule has 0 saturated carbocycles. The maximum absolute atomic E-state index is 12.4. The number of nitrogens with zero attached hydrogens (tertiary/aromatic N) is 1. The summed E-state index contributed by atoms with van der Waals surface area (Å²) in [5.74, 6) is 0.828. The summed E-state index contributed by atoms with van der Waals surface area (Å²) in [6, 6.07) is 20.4. The van der Waals surface area contributed by atoms with E-state index in [1.165, 1.54) is 0 Å². The highest BCUT2D eigenvalue weighted by atomic mass is 16.5. The van der Waals surface area contributed by atoms with Crippen molar-refractivity contribution in [2.24, 2.45) is 0 Å². The third kappa shape index (κ3) is 3.47. The lowest BCUT2D eigenvalue weighted by molar-refractivity contribution is 0.0734. The van der Waals surface area contributed by atoms with E-state index in [2.05, 4.69) is 5.16 Å². The van der Waals surface area contributed by atoms with Gasteiger partial charge in [-0.25, -0.2) is 4.79 Å². The van der Waals surface area contributed by atoms with Crippen molar-refractivity contribution >= 4 is 16.9 Å². The van der Waals surface area contributed by atoms with E-state index < -0.39 is 5.97 Å². The smallest absolute Gasteiger partial charge is 0.343 e. The number of hydrogen-bond donors (Lipinski definition) is 0. The van der Waals surface area contributed by atoms with Crippen LogP contribution < -0.4 is 9.47 Å². The molecule has 0 aliphatic rings. The van der Waals surface area contributed by atoms with E-state index in [1.807, 2.05) is 55.5 Å². The summed E-state index contributed by atoms with van der Waals surface area (Å²) >= 11 is 0. The van der Waals surface area contributed by atoms with Crippen LogP contribution in [0.5, 0.6) is 11.5 Å². The average Bonchev–Trinajstić information content (AvgIpc) is 3.10. The van der Waals surface area contributed by atoms with Crippen molar-refractivity contribution in [2.75, 3.05) is 7.11 Å². The van der Waals surface area contributed by atoms with Gasteiger partial charge in [0.25, 0.3) is 0 Å². The summed E-state index contributed by atoms with van der Waals surface area (Å²) in [6.45, 7) is 1.88. The summed E-state index contributed by atoms with van der Waals surface area (Å²) in [4.78, 5) is 12.4. The lowest BCUT2D eigenvalue weighted by Crippen LogP contribution is -2.09. The van der Waals surface area contributed by atoms with Gasteiger partial charge in [-0.05, 0) is 36.8 Å². The minimum absolute atomic E-state index is 0.397. The van der Waals surface area contributed by atoms with Gasteiger partial charge >= 0.3 is 5.97 Å². The van der Waals surface area contributed by atoms with Crippen LogP contribution in [0.25, 0.3) is 11.0 Å². The van der Waals surface area contributed by atoms with Crippen LogP contribution >= 0.6 is 0 Å². The summed E-state index contributed by atoms with van der Waals surface area (Å²) in [7, 11) is 1.65. The lowest BCUT2D eigenvalue weighted by Gasteiger charge is -2.07. The predicted molar refractivity (Wildman–Crippen MR) is 106 cm³/mol. The number of aryl methyl sites for hydroxylation is 1. The molecule has 0 amide bonds. The first-order chi connectivity index (χ1) is 13.7. The molecule has 28 heavy (non-hydrogen) atoms. The van der Waals surface area contributed by atoms with Crippen molar-refractivity contribution in [3.05, 3.63) is 89.1 Å². The van der Waals surface area contributed by atoms with E-state index in [0.29, 0.717) is 23.3 Å². The maximum atomic E-state index is 12.4. The molecule has 0 N–H and O–H groups in total. The quantitative estimate of drug-likeness (QED) is 0.366. The molecule has 1 aromatic heterocycles. The Morgan fingerprint density at radius 3 is 2.64 bits per heavy atom. The number of para-hydroxylation sites is 1. The van der Waals surface area contributed by atoms with Crippen LogP contribution in [0.2, 0.25) is 0 Å². The molecule has 0 radical (unpaired) electrons. The number of hydrogen-bond acceptors (Lipinski definition) is 5. The number of carbonyl (C=O) groups is 1. The van der Waals surface area contributed by atoms with Crippen LogP contribution in [0, 0.1) is 6.92 Å². The zero-order valence-corrected chi connectivity index (χ0v) is 15.6. The fraction of sp³-hybridized carbons (Fsp3) is 0.130. The van der Waals surface area contributed by atoms with Crippen molar-refractivity contribution in [1.82, 2.24) is 5.16 Å². The second-order valence-corrected chi connectivity index (χ2v) is 6.48. The molecule has 0 aliphatic carbocycles. The molecule has 0 aliphatic heterocycles. The van der Waals surface area contributed by atoms with Gasteiger partial charge in [0.05, 0.1) is 18.4 Å². The van der Waals surface area contributed by atoms with E-state index in [-0.39, 0.29) is 0 Å². The fourth-order valence-electron chi connectivity index (χ4n) is 3.15. The standard InChI is InChI=1S/C23H19NO4/c1-15-7-3-5-9-18(15)23(25)27-17-11-12-19-20(24-28-22(19)14-17)13-16-8-4-6-10-21(16)26-2/h3-12,14H,13H2,1-2H3. The van der Waals surface area contributed by atoms with Crippen LogP contribution in [-0.4, -0.2) is 18.2 Å². The molecule has 0 bridgehead atoms. The lowest BCUT2D eigenvalue weighted by atomic mass is 10.1. The third-order valence-corrected chi connectivity index (χ3v) is 4.64. The summed E-state index contributed by atoms with van der Waals surface area (Å²) in [5.41, 5.74) is 3.80. The van der Waals surface area contributed by atoms with Gasteiger partial charge in [-0.2, -0.15) is 0 Å². The monoisotopic (exact) mass is 373 g/mol. The van der Waals surface area contributed by atoms with Crippen molar-refractivity contribution < 1.29 is 18.8 Å². The van der Waals surface area contributed by atoms with Crippen LogP contribution in [0.3, 0.4) is 0 Å². The van der Waals surface area contributed by atoms with E-state index in [4.69, 9.17) is 14.0 Å². The molecule has 1 heterocycles. The number of carbonyl (C=O) groups excluding carboxylic acids is 1. The SMILES string of the molecule is COc1ccccc1Cc1noc2cc(OC(=O)c3ccccc3C)ccc12. The normalized spacial score (nSPS) is 10.8. The molecule has 0 saturated heterocycles. The molecule has 140 valence electrons. The van der Waals surface area contributed by atoms with Gasteiger partial charge in [0, 0.05) is 23.4 Å². The summed E-state index contributed by atoms with van der Waals surface area (Å²) < 4.78 is 16.4. The molecular formula is C23H19NO4. The Kier molecular flexibility index (Phi) is 4.81. The first kappa shape index (κ1) is 17.8. The van der Waals surface area contributed by atoms with Gasteiger partial charge in [-0.1, -0.05) is 41.6 Å². The maximum Gasteiger partial charge on any atom is 0.343 e. The molecular weight excluding hydrogens is 354 g/mol. The Morgan fingerprint density at radius 1 is 1.04 bits per heavy atom. The van der Waals surface area contributed by atoms with Gasteiger partial charge < -0.3 is 14.0 Å². The molecule has 0 atom stereocenters. The Balaban J connectivity index is 1.58. The highest BCUT2D eigenvalue weighted by Crippen LogP contribution is 2.28. The van der Waals surface area contributed by atoms with Gasteiger partial charge in [0.1, 0.15) is 11.5 Å². The number of benzene rings is 3. The summed E-state index contributed by atoms with van der Waals surface area (Å²) in [6.07, 6.45) is 0.583. The number of aromatic nitrogens is 1. The Hall–Kier alpha value is -3.60. The molecule has 0 spiro atoms. The number of rotatable bonds is 5. The second-order valence-electron chi connectivity index (χ2n) is 6.48. The molecule has 4 aromatic rings. The number of ether oxygens (including phenoxy) is 2. The van der Waals surface area contributed by atoms with Crippen molar-refractivity contribution in [3.8, 4) is 11.5 Å². The molecule has 5 heteroatoms. The zero-order valence-electron chi connectivity index (χ0n) is 15.6. The fourth-order valence-corrected chi connectivity index (χ4v) is 3.15. The van der Waals surface area contributed by atoms with Crippen LogP contribution in [0.15, 0.2) is 71.3 Å². The molecule has 0 unspecified atom stereocenters. The largest absolute Gasteiger partial charge is 0.496 e. The minimum atomic E-state index is -0.397. The van der Waals surface area contributed by atoms with E-state index in [1.54, 1.807) is 25.3 Å². The molecule has 3 aromatic carbocycles. The van der Waals surface area contributed by atoms with Crippen LogP contribution in [0.4, 0.5) is 0 Å². The Morgan fingerprint density at radius 2 is 1.82 bits per heavy atom. The van der Waals surface area contributed by atoms with Gasteiger partial charge in [-0.3, -0.25) is 0 Å². The van der Waals surface area contributed by atoms with E-state index >= 15 is 0 Å². The predicted octanol–water partition coefficient (Wildman–Crippen LogP) is 4.95. The van der Waals surface area contributed by atoms with Gasteiger partial charge in [0.2, 0.25) is 0 Å². The molecule has 5 nitrogen and oxygen atoms in total. The first-order valence-electron chi connectivity index (χ1n) is 8.93. The van der Waals surface area contributed by atoms with Crippen molar-refractivity contribution in [1.29, 1.82) is 0 Å².